The second-order valence-electron chi connectivity index (χ2n) is 7.36. The van der Waals surface area contributed by atoms with Crippen LogP contribution in [0.4, 0.5) is 5.69 Å². The number of hydrogen-bond acceptors (Lipinski definition) is 4. The average molecular weight is 400 g/mol. The van der Waals surface area contributed by atoms with Crippen LogP contribution in [0.1, 0.15) is 30.4 Å². The van der Waals surface area contributed by atoms with Crippen LogP contribution in [0.5, 0.6) is 0 Å². The van der Waals surface area contributed by atoms with Gasteiger partial charge in [0.2, 0.25) is 5.91 Å². The number of nitrogens with one attached hydrogen (secondary N) is 3. The third kappa shape index (κ3) is 4.70. The molecule has 0 aliphatic heterocycles. The van der Waals surface area contributed by atoms with Gasteiger partial charge in [-0.1, -0.05) is 0 Å². The van der Waals surface area contributed by atoms with Crippen LogP contribution in [0.25, 0.3) is 21.9 Å². The Morgan fingerprint density at radius 2 is 2.03 bits per heavy atom. The van der Waals surface area contributed by atoms with Crippen molar-refractivity contribution in [3.05, 3.63) is 66.1 Å². The number of fused-ring (bicyclic) bond motifs is 2. The normalized spacial score (nSPS) is 11.0. The molecule has 0 aliphatic carbocycles. The average Bonchev–Trinajstić information content (AvgIpc) is 3.39. The second kappa shape index (κ2) is 9.29. The number of benzene rings is 2. The van der Waals surface area contributed by atoms with E-state index >= 15 is 0 Å². The fourth-order valence-electron chi connectivity index (χ4n) is 3.62. The lowest BCUT2D eigenvalue weighted by molar-refractivity contribution is -0.116. The van der Waals surface area contributed by atoms with Gasteiger partial charge in [-0.25, -0.2) is 0 Å². The Labute approximate surface area is 174 Å². The van der Waals surface area contributed by atoms with E-state index in [1.165, 1.54) is 5.56 Å². The molecule has 4 rings (SSSR count). The van der Waals surface area contributed by atoms with Crippen molar-refractivity contribution in [2.24, 2.45) is 0 Å². The molecule has 0 atom stereocenters. The lowest BCUT2D eigenvalue weighted by Gasteiger charge is -2.07. The lowest BCUT2D eigenvalue weighted by atomic mass is 10.1. The molecule has 2 aromatic carbocycles. The van der Waals surface area contributed by atoms with Crippen LogP contribution in [0, 0.1) is 11.3 Å². The molecule has 4 aromatic rings. The van der Waals surface area contributed by atoms with Gasteiger partial charge in [0.25, 0.3) is 0 Å². The molecule has 0 radical (unpaired) electrons. The van der Waals surface area contributed by atoms with E-state index in [2.05, 4.69) is 21.7 Å². The first-order chi connectivity index (χ1) is 14.7. The molecule has 152 valence electrons. The van der Waals surface area contributed by atoms with Crippen molar-refractivity contribution < 1.29 is 9.21 Å². The molecule has 0 fully saturated rings. The number of carbonyl (C=O) groups excluding carboxylic acids is 1. The highest BCUT2D eigenvalue weighted by Gasteiger charge is 2.06. The molecule has 2 aromatic heterocycles. The van der Waals surface area contributed by atoms with Crippen LogP contribution in [-0.2, 0) is 11.2 Å². The van der Waals surface area contributed by atoms with E-state index < -0.39 is 0 Å². The van der Waals surface area contributed by atoms with Gasteiger partial charge in [0.05, 0.1) is 17.9 Å². The van der Waals surface area contributed by atoms with E-state index in [0.29, 0.717) is 18.5 Å². The number of furan rings is 1. The summed E-state index contributed by atoms with van der Waals surface area (Å²) in [4.78, 5) is 15.4. The van der Waals surface area contributed by atoms with E-state index in [1.807, 2.05) is 48.7 Å². The zero-order valence-electron chi connectivity index (χ0n) is 16.7. The Morgan fingerprint density at radius 1 is 1.10 bits per heavy atom. The molecule has 1 amide bonds. The van der Waals surface area contributed by atoms with Crippen LogP contribution in [0.3, 0.4) is 0 Å². The molecule has 6 heteroatoms. The number of hydrogen-bond donors (Lipinski definition) is 3. The van der Waals surface area contributed by atoms with Gasteiger partial charge >= 0.3 is 0 Å². The van der Waals surface area contributed by atoms with Gasteiger partial charge in [-0.3, -0.25) is 4.79 Å². The molecule has 6 nitrogen and oxygen atoms in total. The number of aromatic nitrogens is 1. The summed E-state index contributed by atoms with van der Waals surface area (Å²) >= 11 is 0. The quantitative estimate of drug-likeness (QED) is 0.354. The SMILES string of the molecule is N#Cc1ccc2[nH]cc(CCCCNCCC(=O)Nc3ccc4occc4c3)c2c1. The monoisotopic (exact) mass is 400 g/mol. The third-order valence-corrected chi connectivity index (χ3v) is 5.21. The molecular formula is C24H24N4O2. The molecule has 2 heterocycles. The van der Waals surface area contributed by atoms with E-state index in [4.69, 9.17) is 9.68 Å². The van der Waals surface area contributed by atoms with Crippen molar-refractivity contribution in [3.8, 4) is 6.07 Å². The Kier molecular flexibility index (Phi) is 6.11. The Bertz CT molecular complexity index is 1200. The molecule has 0 saturated carbocycles. The predicted octanol–water partition coefficient (Wildman–Crippen LogP) is 4.73. The topological polar surface area (TPSA) is 93.9 Å². The van der Waals surface area contributed by atoms with E-state index in [-0.39, 0.29) is 5.91 Å². The van der Waals surface area contributed by atoms with Crippen molar-refractivity contribution in [2.45, 2.75) is 25.7 Å². The number of H-pyrrole nitrogens is 1. The first-order valence-corrected chi connectivity index (χ1v) is 10.2. The van der Waals surface area contributed by atoms with Gasteiger partial charge in [-0.15, -0.1) is 0 Å². The van der Waals surface area contributed by atoms with Gasteiger partial charge < -0.3 is 20.0 Å². The number of nitriles is 1. The summed E-state index contributed by atoms with van der Waals surface area (Å²) in [5.74, 6) is -0.00238. The second-order valence-corrected chi connectivity index (χ2v) is 7.36. The number of rotatable bonds is 9. The van der Waals surface area contributed by atoms with Crippen molar-refractivity contribution in [3.63, 3.8) is 0 Å². The van der Waals surface area contributed by atoms with Gasteiger partial charge in [-0.05, 0) is 73.8 Å². The van der Waals surface area contributed by atoms with Crippen molar-refractivity contribution >= 4 is 33.5 Å². The van der Waals surface area contributed by atoms with Crippen molar-refractivity contribution in [2.75, 3.05) is 18.4 Å². The summed E-state index contributed by atoms with van der Waals surface area (Å²) in [5.41, 5.74) is 4.60. The van der Waals surface area contributed by atoms with Crippen LogP contribution in [0.2, 0.25) is 0 Å². The first kappa shape index (κ1) is 19.7. The molecule has 30 heavy (non-hydrogen) atoms. The number of unbranched alkanes of at least 4 members (excludes halogenated alkanes) is 1. The molecule has 3 N–H and O–H groups in total. The Morgan fingerprint density at radius 3 is 2.93 bits per heavy atom. The summed E-state index contributed by atoms with van der Waals surface area (Å²) < 4.78 is 5.31. The van der Waals surface area contributed by atoms with Crippen molar-refractivity contribution in [1.82, 2.24) is 10.3 Å². The smallest absolute Gasteiger partial charge is 0.225 e. The highest BCUT2D eigenvalue weighted by molar-refractivity contribution is 5.93. The number of nitrogens with zero attached hydrogens (tertiary/aromatic N) is 1. The maximum Gasteiger partial charge on any atom is 0.225 e. The number of aromatic amines is 1. The lowest BCUT2D eigenvalue weighted by Crippen LogP contribution is -2.22. The molecule has 0 spiro atoms. The fourth-order valence-corrected chi connectivity index (χ4v) is 3.62. The zero-order chi connectivity index (χ0) is 20.8. The van der Waals surface area contributed by atoms with E-state index in [0.717, 1.165) is 53.4 Å². The van der Waals surface area contributed by atoms with Gasteiger partial charge in [-0.2, -0.15) is 5.26 Å². The van der Waals surface area contributed by atoms with Gasteiger partial charge in [0.1, 0.15) is 5.58 Å². The number of amides is 1. The third-order valence-electron chi connectivity index (χ3n) is 5.21. The van der Waals surface area contributed by atoms with Gasteiger partial charge in [0.15, 0.2) is 0 Å². The fraction of sp³-hybridized carbons (Fsp3) is 0.250. The summed E-state index contributed by atoms with van der Waals surface area (Å²) in [6.45, 7) is 1.53. The number of carbonyl (C=O) groups is 1. The van der Waals surface area contributed by atoms with E-state index in [9.17, 15) is 4.79 Å². The molecule has 0 saturated heterocycles. The number of aryl methyl sites for hydroxylation is 1. The Balaban J connectivity index is 1.14. The van der Waals surface area contributed by atoms with E-state index in [1.54, 1.807) is 6.26 Å². The molecule has 0 aliphatic rings. The van der Waals surface area contributed by atoms with Crippen LogP contribution in [0.15, 0.2) is 59.3 Å². The van der Waals surface area contributed by atoms with Crippen molar-refractivity contribution in [1.29, 1.82) is 5.26 Å². The zero-order valence-corrected chi connectivity index (χ0v) is 16.7. The molecule has 0 bridgehead atoms. The van der Waals surface area contributed by atoms with Gasteiger partial charge in [0, 0.05) is 41.1 Å². The molecule has 0 unspecified atom stereocenters. The summed E-state index contributed by atoms with van der Waals surface area (Å²) in [6.07, 6.45) is 7.15. The summed E-state index contributed by atoms with van der Waals surface area (Å²) in [6, 6.07) is 15.4. The summed E-state index contributed by atoms with van der Waals surface area (Å²) in [5, 5.41) is 17.4. The summed E-state index contributed by atoms with van der Waals surface area (Å²) in [7, 11) is 0. The van der Waals surface area contributed by atoms with Crippen LogP contribution in [-0.4, -0.2) is 24.0 Å². The highest BCUT2D eigenvalue weighted by atomic mass is 16.3. The highest BCUT2D eigenvalue weighted by Crippen LogP contribution is 2.21. The minimum Gasteiger partial charge on any atom is -0.464 e. The Hall–Kier alpha value is -3.56. The minimum atomic E-state index is -0.00238. The van der Waals surface area contributed by atoms with Crippen LogP contribution < -0.4 is 10.6 Å². The minimum absolute atomic E-state index is 0.00238. The molecular weight excluding hydrogens is 376 g/mol. The largest absolute Gasteiger partial charge is 0.464 e. The number of anilines is 1. The maximum atomic E-state index is 12.1. The van der Waals surface area contributed by atoms with Crippen LogP contribution >= 0.6 is 0 Å². The predicted molar refractivity (Wildman–Crippen MR) is 118 cm³/mol. The maximum absolute atomic E-state index is 12.1. The first-order valence-electron chi connectivity index (χ1n) is 10.2. The standard InChI is InChI=1S/C24H24N4O2/c25-15-17-4-6-22-21(13-17)19(16-27-22)3-1-2-10-26-11-8-24(29)28-20-5-7-23-18(14-20)9-12-30-23/h4-7,9,12-14,16,26-27H,1-3,8,10-11H2,(H,28,29).